The molecule has 0 saturated heterocycles. The molecule has 4 aromatic carbocycles. The van der Waals surface area contributed by atoms with E-state index in [9.17, 15) is 9.18 Å². The fourth-order valence-electron chi connectivity index (χ4n) is 4.52. The van der Waals surface area contributed by atoms with Crippen LogP contribution in [0, 0.1) is 0 Å². The zero-order valence-corrected chi connectivity index (χ0v) is 24.3. The lowest BCUT2D eigenvalue weighted by Gasteiger charge is -2.26. The van der Waals surface area contributed by atoms with Crippen LogP contribution in [0.25, 0.3) is 0 Å². The van der Waals surface area contributed by atoms with Gasteiger partial charge in [-0.1, -0.05) is 76.2 Å². The molecule has 40 heavy (non-hydrogen) atoms. The molecule has 0 bridgehead atoms. The van der Waals surface area contributed by atoms with Gasteiger partial charge in [-0.15, -0.1) is 0 Å². The average Bonchev–Trinajstić information content (AvgIpc) is 2.97. The van der Waals surface area contributed by atoms with Crippen molar-refractivity contribution in [2.45, 2.75) is 71.6 Å². The van der Waals surface area contributed by atoms with Crippen LogP contribution in [0.1, 0.15) is 87.0 Å². The fourth-order valence-corrected chi connectivity index (χ4v) is 4.52. The molecule has 0 aliphatic rings. The van der Waals surface area contributed by atoms with Crippen LogP contribution in [0.3, 0.4) is 0 Å². The number of ketones is 1. The molecule has 4 heteroatoms. The van der Waals surface area contributed by atoms with Gasteiger partial charge in [-0.3, -0.25) is 4.79 Å². The van der Waals surface area contributed by atoms with E-state index in [4.69, 9.17) is 9.47 Å². The van der Waals surface area contributed by atoms with Gasteiger partial charge in [-0.25, -0.2) is 4.39 Å². The number of alkyl halides is 1. The van der Waals surface area contributed by atoms with Gasteiger partial charge in [0, 0.05) is 16.5 Å². The number of carbonyl (C=O) groups is 1. The van der Waals surface area contributed by atoms with E-state index in [1.54, 1.807) is 55.5 Å². The monoisotopic (exact) mass is 538 g/mol. The average molecular weight is 539 g/mol. The molecule has 0 fully saturated rings. The van der Waals surface area contributed by atoms with E-state index >= 15 is 0 Å². The molecule has 0 aliphatic carbocycles. The molecule has 0 heterocycles. The van der Waals surface area contributed by atoms with Gasteiger partial charge in [0.1, 0.15) is 22.9 Å². The van der Waals surface area contributed by atoms with Crippen molar-refractivity contribution < 1.29 is 18.7 Å². The maximum absolute atomic E-state index is 14.5. The minimum atomic E-state index is -1.40. The van der Waals surface area contributed by atoms with Crippen molar-refractivity contribution in [3.63, 3.8) is 0 Å². The summed E-state index contributed by atoms with van der Waals surface area (Å²) in [5.74, 6) is 2.14. The first-order valence-corrected chi connectivity index (χ1v) is 14.0. The molecule has 208 valence electrons. The highest BCUT2D eigenvalue weighted by Gasteiger charge is 2.24. The maximum Gasteiger partial charge on any atom is 0.193 e. The zero-order valence-electron chi connectivity index (χ0n) is 24.3. The van der Waals surface area contributed by atoms with Crippen LogP contribution < -0.4 is 9.47 Å². The smallest absolute Gasteiger partial charge is 0.193 e. The van der Waals surface area contributed by atoms with Crippen LogP contribution in [0.2, 0.25) is 0 Å². The normalized spacial score (nSPS) is 13.8. The van der Waals surface area contributed by atoms with Gasteiger partial charge in [0.25, 0.3) is 0 Å². The summed E-state index contributed by atoms with van der Waals surface area (Å²) in [6, 6.07) is 30.3. The van der Waals surface area contributed by atoms with Crippen LogP contribution in [-0.4, -0.2) is 11.9 Å². The second-order valence-electron chi connectivity index (χ2n) is 11.1. The molecule has 4 aromatic rings. The zero-order chi connectivity index (χ0) is 28.9. The first kappa shape index (κ1) is 29.1. The lowest BCUT2D eigenvalue weighted by Crippen LogP contribution is -2.18. The first-order chi connectivity index (χ1) is 19.0. The number of hydrogen-bond donors (Lipinski definition) is 0. The Morgan fingerprint density at radius 2 is 1.07 bits per heavy atom. The topological polar surface area (TPSA) is 35.5 Å². The van der Waals surface area contributed by atoms with Crippen molar-refractivity contribution in [2.24, 2.45) is 0 Å². The van der Waals surface area contributed by atoms with Gasteiger partial charge in [0.05, 0.1) is 6.10 Å². The summed E-state index contributed by atoms with van der Waals surface area (Å²) in [6.07, 6.45) is 1.55. The molecule has 0 aliphatic heterocycles. The molecule has 0 saturated carbocycles. The quantitative estimate of drug-likeness (QED) is 0.178. The Kier molecular flexibility index (Phi) is 8.78. The molecule has 0 spiro atoms. The molecule has 1 unspecified atom stereocenters. The Balaban J connectivity index is 1.40. The molecule has 3 nitrogen and oxygen atoms in total. The molecule has 4 rings (SSSR count). The van der Waals surface area contributed by atoms with Crippen LogP contribution in [0.5, 0.6) is 17.2 Å². The first-order valence-electron chi connectivity index (χ1n) is 14.0. The number of benzene rings is 4. The van der Waals surface area contributed by atoms with Crippen molar-refractivity contribution in [3.8, 4) is 17.2 Å². The molecule has 0 amide bonds. The molecule has 0 aromatic heterocycles. The van der Waals surface area contributed by atoms with E-state index in [2.05, 4.69) is 52.0 Å². The Bertz CT molecular complexity index is 1400. The lowest BCUT2D eigenvalue weighted by atomic mass is 9.78. The Hall–Kier alpha value is -3.92. The van der Waals surface area contributed by atoms with E-state index in [-0.39, 0.29) is 17.3 Å². The highest BCUT2D eigenvalue weighted by molar-refractivity contribution is 6.09. The number of halogens is 1. The second-order valence-corrected chi connectivity index (χ2v) is 11.1. The van der Waals surface area contributed by atoms with Crippen molar-refractivity contribution in [2.75, 3.05) is 0 Å². The van der Waals surface area contributed by atoms with Crippen LogP contribution in [-0.2, 0) is 11.1 Å². The van der Waals surface area contributed by atoms with Gasteiger partial charge in [-0.2, -0.15) is 0 Å². The van der Waals surface area contributed by atoms with E-state index in [1.807, 2.05) is 31.2 Å². The highest BCUT2D eigenvalue weighted by atomic mass is 19.1. The summed E-state index contributed by atoms with van der Waals surface area (Å²) in [4.78, 5) is 12.9. The van der Waals surface area contributed by atoms with Crippen molar-refractivity contribution in [3.05, 3.63) is 125 Å². The third-order valence-corrected chi connectivity index (χ3v) is 7.83. The lowest BCUT2D eigenvalue weighted by molar-refractivity contribution is 0.103. The standard InChI is InChI=1S/C36H39FO3/c1-7-25(3)39-31-21-15-28(16-22-31)35(4,5)29-17-23-33(24-18-29)40-32-19-11-27(12-20-32)34(38)26-9-13-30(14-10-26)36(6,37)8-2/h9-25H,7-8H2,1-6H3/t25?,36-/m0/s1. The number of rotatable bonds is 11. The molecule has 2 atom stereocenters. The van der Waals surface area contributed by atoms with Crippen molar-refractivity contribution in [1.29, 1.82) is 0 Å². The predicted octanol–water partition coefficient (Wildman–Crippen LogP) is 9.81. The fraction of sp³-hybridized carbons (Fsp3) is 0.306. The summed E-state index contributed by atoms with van der Waals surface area (Å²) in [5.41, 5.74) is 2.45. The minimum absolute atomic E-state index is 0.110. The van der Waals surface area contributed by atoms with Gasteiger partial charge in [0.2, 0.25) is 0 Å². The Morgan fingerprint density at radius 3 is 1.52 bits per heavy atom. The third-order valence-electron chi connectivity index (χ3n) is 7.83. The van der Waals surface area contributed by atoms with Crippen molar-refractivity contribution >= 4 is 5.78 Å². The largest absolute Gasteiger partial charge is 0.491 e. The Morgan fingerprint density at radius 1 is 0.675 bits per heavy atom. The molecule has 0 N–H and O–H groups in total. The summed E-state index contributed by atoms with van der Waals surface area (Å²) in [6.45, 7) is 12.0. The summed E-state index contributed by atoms with van der Waals surface area (Å²) in [7, 11) is 0. The van der Waals surface area contributed by atoms with E-state index in [0.717, 1.165) is 17.9 Å². The van der Waals surface area contributed by atoms with E-state index in [0.29, 0.717) is 28.9 Å². The predicted molar refractivity (Wildman–Crippen MR) is 161 cm³/mol. The van der Waals surface area contributed by atoms with Gasteiger partial charge < -0.3 is 9.47 Å². The molecular weight excluding hydrogens is 499 g/mol. The number of carbonyl (C=O) groups excluding carboxylic acids is 1. The van der Waals surface area contributed by atoms with Gasteiger partial charge >= 0.3 is 0 Å². The van der Waals surface area contributed by atoms with E-state index in [1.165, 1.54) is 11.1 Å². The Labute approximate surface area is 238 Å². The summed E-state index contributed by atoms with van der Waals surface area (Å²) >= 11 is 0. The molecular formula is C36H39FO3. The van der Waals surface area contributed by atoms with Crippen molar-refractivity contribution in [1.82, 2.24) is 0 Å². The van der Waals surface area contributed by atoms with Crippen LogP contribution >= 0.6 is 0 Å². The van der Waals surface area contributed by atoms with Crippen LogP contribution in [0.4, 0.5) is 4.39 Å². The highest BCUT2D eigenvalue weighted by Crippen LogP contribution is 2.34. The summed E-state index contributed by atoms with van der Waals surface area (Å²) < 4.78 is 26.5. The van der Waals surface area contributed by atoms with Gasteiger partial charge in [-0.05, 0) is 91.9 Å². The van der Waals surface area contributed by atoms with Gasteiger partial charge in [0.15, 0.2) is 5.78 Å². The molecule has 0 radical (unpaired) electrons. The number of ether oxygens (including phenoxy) is 2. The third kappa shape index (κ3) is 6.62. The van der Waals surface area contributed by atoms with Crippen LogP contribution in [0.15, 0.2) is 97.1 Å². The second kappa shape index (κ2) is 12.1. The SMILES string of the molecule is CCC(C)Oc1ccc(C(C)(C)c2ccc(Oc3ccc(C(=O)c4ccc([C@@](C)(F)CC)cc4)cc3)cc2)cc1. The maximum atomic E-state index is 14.5. The minimum Gasteiger partial charge on any atom is -0.491 e. The summed E-state index contributed by atoms with van der Waals surface area (Å²) in [5, 5.41) is 0. The van der Waals surface area contributed by atoms with E-state index < -0.39 is 5.67 Å². The number of hydrogen-bond acceptors (Lipinski definition) is 3.